The zero-order valence-electron chi connectivity index (χ0n) is 13.5. The molecule has 2 aromatic rings. The fourth-order valence-electron chi connectivity index (χ4n) is 2.42. The highest BCUT2D eigenvalue weighted by Crippen LogP contribution is 2.19. The van der Waals surface area contributed by atoms with Crippen molar-refractivity contribution in [2.45, 2.75) is 25.4 Å². The lowest BCUT2D eigenvalue weighted by Gasteiger charge is -2.17. The molecule has 124 valence electrons. The Hall–Kier alpha value is -2.14. The molecule has 24 heavy (non-hydrogen) atoms. The standard InChI is InChI=1S/C19H19BrN2O2/c1-22(19(24)15-6-8-16(20)9-7-15)12-13-2-4-14(5-3-13)18(23)21-17-10-11-17/h2-9,17H,10-12H2,1H3,(H,21,23). The second-order valence-electron chi connectivity index (χ2n) is 6.11. The SMILES string of the molecule is CN(Cc1ccc(C(=O)NC2CC2)cc1)C(=O)c1ccc(Br)cc1. The molecule has 0 heterocycles. The predicted molar refractivity (Wildman–Crippen MR) is 96.9 cm³/mol. The zero-order chi connectivity index (χ0) is 17.1. The Morgan fingerprint density at radius 3 is 2.21 bits per heavy atom. The minimum atomic E-state index is -0.0296. The van der Waals surface area contributed by atoms with Crippen LogP contribution < -0.4 is 5.32 Å². The van der Waals surface area contributed by atoms with Gasteiger partial charge in [0.15, 0.2) is 0 Å². The summed E-state index contributed by atoms with van der Waals surface area (Å²) >= 11 is 3.36. The summed E-state index contributed by atoms with van der Waals surface area (Å²) < 4.78 is 0.946. The van der Waals surface area contributed by atoms with Crippen LogP contribution in [0.4, 0.5) is 0 Å². The number of hydrogen-bond acceptors (Lipinski definition) is 2. The van der Waals surface area contributed by atoms with Gasteiger partial charge >= 0.3 is 0 Å². The van der Waals surface area contributed by atoms with Crippen LogP contribution in [0.2, 0.25) is 0 Å². The maximum Gasteiger partial charge on any atom is 0.253 e. The summed E-state index contributed by atoms with van der Waals surface area (Å²) in [4.78, 5) is 26.0. The van der Waals surface area contributed by atoms with Gasteiger partial charge in [0, 0.05) is 35.2 Å². The van der Waals surface area contributed by atoms with Crippen molar-refractivity contribution in [1.82, 2.24) is 10.2 Å². The zero-order valence-corrected chi connectivity index (χ0v) is 15.0. The highest BCUT2D eigenvalue weighted by Gasteiger charge is 2.23. The van der Waals surface area contributed by atoms with Crippen molar-refractivity contribution in [2.24, 2.45) is 0 Å². The van der Waals surface area contributed by atoms with E-state index in [1.165, 1.54) is 0 Å². The van der Waals surface area contributed by atoms with Gasteiger partial charge in [0.25, 0.3) is 11.8 Å². The Bertz CT molecular complexity index is 737. The number of hydrogen-bond donors (Lipinski definition) is 1. The molecule has 1 fully saturated rings. The summed E-state index contributed by atoms with van der Waals surface area (Å²) in [6.07, 6.45) is 2.15. The Morgan fingerprint density at radius 2 is 1.62 bits per heavy atom. The molecule has 0 radical (unpaired) electrons. The van der Waals surface area contributed by atoms with Gasteiger partial charge in [-0.1, -0.05) is 28.1 Å². The smallest absolute Gasteiger partial charge is 0.253 e. The fourth-order valence-corrected chi connectivity index (χ4v) is 2.68. The number of amides is 2. The summed E-state index contributed by atoms with van der Waals surface area (Å²) in [6.45, 7) is 0.499. The van der Waals surface area contributed by atoms with Crippen LogP contribution in [0.5, 0.6) is 0 Å². The first-order chi connectivity index (χ1) is 11.5. The molecule has 0 spiro atoms. The molecule has 1 N–H and O–H groups in total. The van der Waals surface area contributed by atoms with E-state index < -0.39 is 0 Å². The van der Waals surface area contributed by atoms with Gasteiger partial charge in [-0.15, -0.1) is 0 Å². The fraction of sp³-hybridized carbons (Fsp3) is 0.263. The van der Waals surface area contributed by atoms with E-state index in [-0.39, 0.29) is 11.8 Å². The molecule has 0 bridgehead atoms. The predicted octanol–water partition coefficient (Wildman–Crippen LogP) is 3.61. The second kappa shape index (κ2) is 7.18. The van der Waals surface area contributed by atoms with Crippen molar-refractivity contribution < 1.29 is 9.59 Å². The molecule has 3 rings (SSSR count). The van der Waals surface area contributed by atoms with Gasteiger partial charge in [-0.3, -0.25) is 9.59 Å². The summed E-state index contributed by atoms with van der Waals surface area (Å²) in [5.74, 6) is -0.0543. The van der Waals surface area contributed by atoms with Crippen molar-refractivity contribution in [1.29, 1.82) is 0 Å². The van der Waals surface area contributed by atoms with Gasteiger partial charge in [0.1, 0.15) is 0 Å². The van der Waals surface area contributed by atoms with Crippen LogP contribution in [-0.4, -0.2) is 29.8 Å². The molecule has 4 nitrogen and oxygen atoms in total. The average Bonchev–Trinajstić information content (AvgIpc) is 3.39. The lowest BCUT2D eigenvalue weighted by Crippen LogP contribution is -2.26. The maximum absolute atomic E-state index is 12.4. The number of nitrogens with zero attached hydrogens (tertiary/aromatic N) is 1. The highest BCUT2D eigenvalue weighted by atomic mass is 79.9. The van der Waals surface area contributed by atoms with Crippen LogP contribution in [0.15, 0.2) is 53.0 Å². The number of nitrogens with one attached hydrogen (secondary N) is 1. The van der Waals surface area contributed by atoms with Gasteiger partial charge < -0.3 is 10.2 Å². The van der Waals surface area contributed by atoms with Gasteiger partial charge in [-0.05, 0) is 54.8 Å². The molecular formula is C19H19BrN2O2. The third-order valence-electron chi connectivity index (χ3n) is 3.99. The monoisotopic (exact) mass is 386 g/mol. The topological polar surface area (TPSA) is 49.4 Å². The van der Waals surface area contributed by atoms with E-state index in [0.29, 0.717) is 23.7 Å². The van der Waals surface area contributed by atoms with E-state index in [1.54, 1.807) is 24.1 Å². The van der Waals surface area contributed by atoms with E-state index in [9.17, 15) is 9.59 Å². The van der Waals surface area contributed by atoms with Crippen molar-refractivity contribution in [3.05, 3.63) is 69.7 Å². The van der Waals surface area contributed by atoms with Crippen molar-refractivity contribution >= 4 is 27.7 Å². The first-order valence-electron chi connectivity index (χ1n) is 7.94. The number of carbonyl (C=O) groups excluding carboxylic acids is 2. The normalized spacial score (nSPS) is 13.4. The van der Waals surface area contributed by atoms with Crippen molar-refractivity contribution in [3.63, 3.8) is 0 Å². The molecule has 0 unspecified atom stereocenters. The number of carbonyl (C=O) groups is 2. The lowest BCUT2D eigenvalue weighted by atomic mass is 10.1. The number of rotatable bonds is 5. The summed E-state index contributed by atoms with van der Waals surface area (Å²) in [5, 5.41) is 2.97. The van der Waals surface area contributed by atoms with Crippen LogP contribution in [0.3, 0.4) is 0 Å². The summed E-state index contributed by atoms with van der Waals surface area (Å²) in [6, 6.07) is 15.1. The molecule has 0 aliphatic heterocycles. The quantitative estimate of drug-likeness (QED) is 0.852. The minimum absolute atomic E-state index is 0.0247. The van der Waals surface area contributed by atoms with Crippen LogP contribution in [0.25, 0.3) is 0 Å². The van der Waals surface area contributed by atoms with E-state index in [4.69, 9.17) is 0 Å². The Kier molecular flexibility index (Phi) is 5.00. The third-order valence-corrected chi connectivity index (χ3v) is 4.51. The maximum atomic E-state index is 12.4. The van der Waals surface area contributed by atoms with Gasteiger partial charge in [-0.25, -0.2) is 0 Å². The Labute approximate surface area is 150 Å². The van der Waals surface area contributed by atoms with Gasteiger partial charge in [0.05, 0.1) is 0 Å². The van der Waals surface area contributed by atoms with Crippen LogP contribution in [0, 0.1) is 0 Å². The Morgan fingerprint density at radius 1 is 1.04 bits per heavy atom. The van der Waals surface area contributed by atoms with Crippen LogP contribution >= 0.6 is 15.9 Å². The molecule has 5 heteroatoms. The first kappa shape index (κ1) is 16.7. The molecule has 1 aliphatic rings. The molecular weight excluding hydrogens is 368 g/mol. The lowest BCUT2D eigenvalue weighted by molar-refractivity contribution is 0.0784. The highest BCUT2D eigenvalue weighted by molar-refractivity contribution is 9.10. The van der Waals surface area contributed by atoms with Crippen molar-refractivity contribution in [2.75, 3.05) is 7.05 Å². The van der Waals surface area contributed by atoms with Crippen molar-refractivity contribution in [3.8, 4) is 0 Å². The van der Waals surface area contributed by atoms with E-state index in [0.717, 1.165) is 22.9 Å². The van der Waals surface area contributed by atoms with Crippen LogP contribution in [0.1, 0.15) is 39.1 Å². The first-order valence-corrected chi connectivity index (χ1v) is 8.73. The van der Waals surface area contributed by atoms with E-state index in [2.05, 4.69) is 21.2 Å². The van der Waals surface area contributed by atoms with E-state index >= 15 is 0 Å². The molecule has 0 aromatic heterocycles. The summed E-state index contributed by atoms with van der Waals surface area (Å²) in [5.41, 5.74) is 2.31. The third kappa shape index (κ3) is 4.23. The minimum Gasteiger partial charge on any atom is -0.349 e. The van der Waals surface area contributed by atoms with Gasteiger partial charge in [-0.2, -0.15) is 0 Å². The molecule has 1 saturated carbocycles. The number of halogens is 1. The molecule has 0 saturated heterocycles. The molecule has 2 amide bonds. The summed E-state index contributed by atoms with van der Waals surface area (Å²) in [7, 11) is 1.78. The largest absolute Gasteiger partial charge is 0.349 e. The average molecular weight is 387 g/mol. The molecule has 1 aliphatic carbocycles. The second-order valence-corrected chi connectivity index (χ2v) is 7.03. The Balaban J connectivity index is 1.61. The molecule has 2 aromatic carbocycles. The number of benzene rings is 2. The van der Waals surface area contributed by atoms with E-state index in [1.807, 2.05) is 36.4 Å². The molecule has 0 atom stereocenters. The van der Waals surface area contributed by atoms with Gasteiger partial charge in [0.2, 0.25) is 0 Å². The van der Waals surface area contributed by atoms with Crippen LogP contribution in [-0.2, 0) is 6.54 Å².